The van der Waals surface area contributed by atoms with Crippen molar-refractivity contribution < 1.29 is 4.74 Å². The molecule has 0 fully saturated rings. The van der Waals surface area contributed by atoms with Gasteiger partial charge in [0.05, 0.1) is 12.2 Å². The van der Waals surface area contributed by atoms with Crippen LogP contribution in [0, 0.1) is 6.92 Å². The van der Waals surface area contributed by atoms with E-state index in [4.69, 9.17) is 4.74 Å². The van der Waals surface area contributed by atoms with Crippen molar-refractivity contribution in [3.8, 4) is 0 Å². The van der Waals surface area contributed by atoms with Gasteiger partial charge in [-0.2, -0.15) is 0 Å². The van der Waals surface area contributed by atoms with Crippen molar-refractivity contribution in [2.45, 2.75) is 33.4 Å². The highest BCUT2D eigenvalue weighted by atomic mass is 16.5. The Balaban J connectivity index is 3.50. The van der Waals surface area contributed by atoms with Gasteiger partial charge in [-0.25, -0.2) is 4.79 Å². The third kappa shape index (κ3) is 2.18. The molecule has 84 valence electrons. The Kier molecular flexibility index (Phi) is 3.47. The fourth-order valence-electron chi connectivity index (χ4n) is 1.48. The summed E-state index contributed by atoms with van der Waals surface area (Å²) in [5.41, 5.74) is 0.440. The molecule has 0 radical (unpaired) electrons. The number of nitrogens with zero attached hydrogens (tertiary/aromatic N) is 1. The molecule has 1 aromatic rings. The molecule has 0 aliphatic rings. The van der Waals surface area contributed by atoms with Crippen LogP contribution in [0.2, 0.25) is 0 Å². The first-order valence-electron chi connectivity index (χ1n) is 4.82. The van der Waals surface area contributed by atoms with Gasteiger partial charge in [0.15, 0.2) is 0 Å². The third-order valence-electron chi connectivity index (χ3n) is 2.25. The van der Waals surface area contributed by atoms with Crippen LogP contribution in [0.5, 0.6) is 0 Å². The lowest BCUT2D eigenvalue weighted by Gasteiger charge is -2.11. The summed E-state index contributed by atoms with van der Waals surface area (Å²) < 4.78 is 6.12. The van der Waals surface area contributed by atoms with Gasteiger partial charge in [-0.15, -0.1) is 0 Å². The van der Waals surface area contributed by atoms with E-state index in [2.05, 4.69) is 4.98 Å². The lowest BCUT2D eigenvalue weighted by atomic mass is 10.2. The van der Waals surface area contributed by atoms with Crippen LogP contribution in [-0.2, 0) is 11.3 Å². The Morgan fingerprint density at radius 2 is 2.00 bits per heavy atom. The first-order chi connectivity index (χ1) is 6.99. The molecule has 0 saturated heterocycles. The summed E-state index contributed by atoms with van der Waals surface area (Å²) in [5.74, 6) is 0. The summed E-state index contributed by atoms with van der Waals surface area (Å²) in [4.78, 5) is 26.1. The van der Waals surface area contributed by atoms with Crippen molar-refractivity contribution in [1.82, 2.24) is 9.55 Å². The van der Waals surface area contributed by atoms with E-state index in [9.17, 15) is 9.59 Å². The van der Waals surface area contributed by atoms with E-state index in [-0.39, 0.29) is 23.9 Å². The second kappa shape index (κ2) is 4.44. The maximum Gasteiger partial charge on any atom is 0.328 e. The number of ether oxygens (including phenoxy) is 1. The molecule has 0 spiro atoms. The van der Waals surface area contributed by atoms with E-state index in [1.54, 1.807) is 20.8 Å². The van der Waals surface area contributed by atoms with Gasteiger partial charge in [-0.05, 0) is 20.8 Å². The van der Waals surface area contributed by atoms with E-state index < -0.39 is 0 Å². The highest BCUT2D eigenvalue weighted by Gasteiger charge is 2.12. The lowest BCUT2D eigenvalue weighted by Crippen LogP contribution is -2.39. The molecule has 0 aliphatic carbocycles. The van der Waals surface area contributed by atoms with E-state index in [0.29, 0.717) is 11.3 Å². The Bertz CT molecular complexity index is 457. The molecule has 5 heteroatoms. The standard InChI is InChI=1S/C10H16N2O3/c1-6(2)12-9(13)8(5-15-4)7(3)11-10(12)14/h6H,5H2,1-4H3,(H,11,14). The summed E-state index contributed by atoms with van der Waals surface area (Å²) in [5, 5.41) is 0. The Hall–Kier alpha value is -1.36. The van der Waals surface area contributed by atoms with E-state index in [1.165, 1.54) is 11.7 Å². The molecule has 5 nitrogen and oxygen atoms in total. The topological polar surface area (TPSA) is 64.1 Å². The van der Waals surface area contributed by atoms with Gasteiger partial charge < -0.3 is 9.72 Å². The number of aromatic amines is 1. The number of aromatic nitrogens is 2. The van der Waals surface area contributed by atoms with Gasteiger partial charge in [0.2, 0.25) is 0 Å². The highest BCUT2D eigenvalue weighted by Crippen LogP contribution is 2.01. The van der Waals surface area contributed by atoms with Crippen LogP contribution in [-0.4, -0.2) is 16.7 Å². The molecule has 1 N–H and O–H groups in total. The minimum absolute atomic E-state index is 0.155. The molecule has 15 heavy (non-hydrogen) atoms. The van der Waals surface area contributed by atoms with Gasteiger partial charge in [0, 0.05) is 18.8 Å². The van der Waals surface area contributed by atoms with Crippen LogP contribution in [0.1, 0.15) is 31.1 Å². The molecule has 0 saturated carbocycles. The van der Waals surface area contributed by atoms with E-state index in [0.717, 1.165) is 0 Å². The molecule has 0 aliphatic heterocycles. The number of nitrogens with one attached hydrogen (secondary N) is 1. The first-order valence-corrected chi connectivity index (χ1v) is 4.82. The molecule has 1 heterocycles. The number of methoxy groups -OCH3 is 1. The zero-order valence-electron chi connectivity index (χ0n) is 9.46. The molecule has 0 bridgehead atoms. The fourth-order valence-corrected chi connectivity index (χ4v) is 1.48. The van der Waals surface area contributed by atoms with Crippen molar-refractivity contribution in [2.24, 2.45) is 0 Å². The summed E-state index contributed by atoms with van der Waals surface area (Å²) >= 11 is 0. The van der Waals surface area contributed by atoms with Crippen molar-refractivity contribution in [3.05, 3.63) is 32.1 Å². The molecule has 0 amide bonds. The van der Waals surface area contributed by atoms with Crippen LogP contribution >= 0.6 is 0 Å². The Labute approximate surface area is 87.7 Å². The average molecular weight is 212 g/mol. The summed E-state index contributed by atoms with van der Waals surface area (Å²) in [6, 6.07) is -0.155. The second-order valence-corrected chi connectivity index (χ2v) is 3.74. The minimum Gasteiger partial charge on any atom is -0.380 e. The normalized spacial score (nSPS) is 11.0. The fraction of sp³-hybridized carbons (Fsp3) is 0.600. The number of H-pyrrole nitrogens is 1. The molecular formula is C10H16N2O3. The number of hydrogen-bond acceptors (Lipinski definition) is 3. The van der Waals surface area contributed by atoms with E-state index in [1.807, 2.05) is 0 Å². The van der Waals surface area contributed by atoms with Gasteiger partial charge in [0.25, 0.3) is 5.56 Å². The summed E-state index contributed by atoms with van der Waals surface area (Å²) in [6.45, 7) is 5.50. The maximum absolute atomic E-state index is 11.9. The zero-order valence-corrected chi connectivity index (χ0v) is 9.46. The number of rotatable bonds is 3. The molecule has 1 aromatic heterocycles. The summed E-state index contributed by atoms with van der Waals surface area (Å²) in [6.07, 6.45) is 0. The predicted molar refractivity (Wildman–Crippen MR) is 57.2 cm³/mol. The number of hydrogen-bond donors (Lipinski definition) is 1. The van der Waals surface area contributed by atoms with Crippen molar-refractivity contribution in [1.29, 1.82) is 0 Å². The van der Waals surface area contributed by atoms with Crippen LogP contribution in [0.25, 0.3) is 0 Å². The smallest absolute Gasteiger partial charge is 0.328 e. The third-order valence-corrected chi connectivity index (χ3v) is 2.25. The second-order valence-electron chi connectivity index (χ2n) is 3.74. The SMILES string of the molecule is COCc1c(C)[nH]c(=O)n(C(C)C)c1=O. The Morgan fingerprint density at radius 1 is 1.40 bits per heavy atom. The molecule has 0 unspecified atom stereocenters. The largest absolute Gasteiger partial charge is 0.380 e. The summed E-state index contributed by atoms with van der Waals surface area (Å²) in [7, 11) is 1.52. The predicted octanol–water partition coefficient (Wildman–Crippen LogP) is 0.572. The average Bonchev–Trinajstić information content (AvgIpc) is 2.11. The molecule has 0 aromatic carbocycles. The lowest BCUT2D eigenvalue weighted by molar-refractivity contribution is 0.182. The maximum atomic E-state index is 11.9. The van der Waals surface area contributed by atoms with E-state index >= 15 is 0 Å². The zero-order chi connectivity index (χ0) is 11.6. The van der Waals surface area contributed by atoms with Crippen LogP contribution < -0.4 is 11.2 Å². The minimum atomic E-state index is -0.368. The van der Waals surface area contributed by atoms with Gasteiger partial charge >= 0.3 is 5.69 Å². The van der Waals surface area contributed by atoms with Crippen molar-refractivity contribution >= 4 is 0 Å². The molecule has 0 atom stereocenters. The van der Waals surface area contributed by atoms with Gasteiger partial charge in [-0.1, -0.05) is 0 Å². The van der Waals surface area contributed by atoms with Crippen LogP contribution in [0.3, 0.4) is 0 Å². The first kappa shape index (κ1) is 11.7. The molecular weight excluding hydrogens is 196 g/mol. The monoisotopic (exact) mass is 212 g/mol. The quantitative estimate of drug-likeness (QED) is 0.796. The van der Waals surface area contributed by atoms with Crippen molar-refractivity contribution in [3.63, 3.8) is 0 Å². The van der Waals surface area contributed by atoms with Crippen molar-refractivity contribution in [2.75, 3.05) is 7.11 Å². The van der Waals surface area contributed by atoms with Crippen LogP contribution in [0.4, 0.5) is 0 Å². The molecule has 1 rings (SSSR count). The Morgan fingerprint density at radius 3 is 2.47 bits per heavy atom. The van der Waals surface area contributed by atoms with Crippen LogP contribution in [0.15, 0.2) is 9.59 Å². The van der Waals surface area contributed by atoms with Gasteiger partial charge in [-0.3, -0.25) is 9.36 Å². The highest BCUT2D eigenvalue weighted by molar-refractivity contribution is 5.14. The number of aryl methyl sites for hydroxylation is 1. The van der Waals surface area contributed by atoms with Gasteiger partial charge in [0.1, 0.15) is 0 Å².